The smallest absolute Gasteiger partial charge is 0.333 e. The number of amides is 4. The first kappa shape index (κ1) is 19.2. The van der Waals surface area contributed by atoms with E-state index < -0.39 is 12.1 Å². The van der Waals surface area contributed by atoms with E-state index in [-0.39, 0.29) is 18.4 Å². The lowest BCUT2D eigenvalue weighted by Gasteiger charge is -2.33. The van der Waals surface area contributed by atoms with Crippen molar-refractivity contribution in [3.8, 4) is 0 Å². The van der Waals surface area contributed by atoms with Crippen LogP contribution >= 0.6 is 0 Å². The molecule has 1 unspecified atom stereocenters. The summed E-state index contributed by atoms with van der Waals surface area (Å²) < 4.78 is 7.11. The van der Waals surface area contributed by atoms with Crippen LogP contribution in [0.5, 0.6) is 0 Å². The number of fused-ring (bicyclic) bond motifs is 1. The number of urea groups is 1. The molecule has 146 valence electrons. The van der Waals surface area contributed by atoms with Crippen LogP contribution in [0.1, 0.15) is 12.8 Å². The number of piperidine rings is 1. The van der Waals surface area contributed by atoms with E-state index in [9.17, 15) is 14.4 Å². The third-order valence-corrected chi connectivity index (χ3v) is 5.27. The Hall–Kier alpha value is -2.55. The Bertz CT molecular complexity index is 709. The molecule has 0 aromatic carbocycles. The molecule has 0 radical (unpaired) electrons. The van der Waals surface area contributed by atoms with Crippen LogP contribution in [0.3, 0.4) is 0 Å². The Morgan fingerprint density at radius 1 is 1.33 bits per heavy atom. The predicted molar refractivity (Wildman–Crippen MR) is 98.7 cm³/mol. The highest BCUT2D eigenvalue weighted by Gasteiger charge is 2.51. The van der Waals surface area contributed by atoms with Crippen LogP contribution in [-0.2, 0) is 14.3 Å². The number of hydrogen-bond donors (Lipinski definition) is 0. The fraction of sp³-hybridized carbons (Fsp3) is 0.611. The summed E-state index contributed by atoms with van der Waals surface area (Å²) >= 11 is 0. The Morgan fingerprint density at radius 3 is 2.70 bits per heavy atom. The third kappa shape index (κ3) is 3.78. The molecule has 3 aliphatic rings. The van der Waals surface area contributed by atoms with Crippen molar-refractivity contribution >= 4 is 30.0 Å². The maximum atomic E-state index is 12.7. The van der Waals surface area contributed by atoms with Gasteiger partial charge in [0.1, 0.15) is 0 Å². The summed E-state index contributed by atoms with van der Waals surface area (Å²) in [4.78, 5) is 45.6. The molecule has 0 aromatic rings. The largest absolute Gasteiger partial charge is 0.377 e. The normalized spacial score (nSPS) is 23.3. The summed E-state index contributed by atoms with van der Waals surface area (Å²) in [5.74, 6) is 0.420. The summed E-state index contributed by atoms with van der Waals surface area (Å²) in [7, 11) is 3.02. The number of carbonyl (C=O) groups excluding carboxylic acids is 3. The third-order valence-electron chi connectivity index (χ3n) is 5.27. The van der Waals surface area contributed by atoms with E-state index in [1.807, 2.05) is 4.90 Å². The van der Waals surface area contributed by atoms with Gasteiger partial charge in [-0.1, -0.05) is 6.08 Å². The molecule has 0 saturated carbocycles. The highest BCUT2D eigenvalue weighted by molar-refractivity contribution is 6.21. The number of aliphatic imine (C=N–C) groups is 1. The number of carbonyl (C=O) groups is 3. The van der Waals surface area contributed by atoms with Crippen LogP contribution in [-0.4, -0.2) is 102 Å². The number of nitrogens with zero attached hydrogens (tertiary/aromatic N) is 5. The van der Waals surface area contributed by atoms with Gasteiger partial charge in [-0.2, -0.15) is 0 Å². The van der Waals surface area contributed by atoms with Gasteiger partial charge in [-0.15, -0.1) is 6.58 Å². The summed E-state index contributed by atoms with van der Waals surface area (Å²) in [6.45, 7) is 6.30. The van der Waals surface area contributed by atoms with E-state index in [1.54, 1.807) is 17.7 Å². The van der Waals surface area contributed by atoms with Crippen LogP contribution in [0.15, 0.2) is 17.6 Å². The molecule has 2 saturated heterocycles. The van der Waals surface area contributed by atoms with Crippen molar-refractivity contribution in [2.45, 2.75) is 18.9 Å². The summed E-state index contributed by atoms with van der Waals surface area (Å²) in [6, 6.07) is -1.14. The highest BCUT2D eigenvalue weighted by Crippen LogP contribution is 2.19. The SMILES string of the molecule is C=CCOCC1CCN(C(=O)C[N+]2=CN=C3C2C(=O)N(C)C(=O)N3C)CC1. The number of likely N-dealkylation sites (N-methyl/N-ethyl adjacent to an activating group) is 2. The van der Waals surface area contributed by atoms with E-state index in [0.29, 0.717) is 38.1 Å². The van der Waals surface area contributed by atoms with E-state index in [1.165, 1.54) is 18.3 Å². The van der Waals surface area contributed by atoms with Crippen molar-refractivity contribution in [3.63, 3.8) is 0 Å². The van der Waals surface area contributed by atoms with Crippen molar-refractivity contribution in [1.82, 2.24) is 14.7 Å². The van der Waals surface area contributed by atoms with Gasteiger partial charge in [0.25, 0.3) is 30.0 Å². The van der Waals surface area contributed by atoms with Gasteiger partial charge < -0.3 is 9.64 Å². The van der Waals surface area contributed by atoms with Crippen LogP contribution < -0.4 is 0 Å². The number of amidine groups is 1. The van der Waals surface area contributed by atoms with Crippen molar-refractivity contribution in [2.75, 3.05) is 46.9 Å². The highest BCUT2D eigenvalue weighted by atomic mass is 16.5. The molecule has 0 bridgehead atoms. The first-order valence-corrected chi connectivity index (χ1v) is 9.12. The van der Waals surface area contributed by atoms with Gasteiger partial charge in [0.2, 0.25) is 0 Å². The van der Waals surface area contributed by atoms with Gasteiger partial charge in [0.15, 0.2) is 6.54 Å². The second-order valence-corrected chi connectivity index (χ2v) is 7.07. The summed E-state index contributed by atoms with van der Waals surface area (Å²) in [6.07, 6.45) is 5.01. The van der Waals surface area contributed by atoms with E-state index >= 15 is 0 Å². The molecular weight excluding hydrogens is 350 g/mol. The fourth-order valence-electron chi connectivity index (χ4n) is 3.60. The Morgan fingerprint density at radius 2 is 2.04 bits per heavy atom. The second-order valence-electron chi connectivity index (χ2n) is 7.07. The Labute approximate surface area is 158 Å². The maximum Gasteiger partial charge on any atom is 0.333 e. The molecule has 9 nitrogen and oxygen atoms in total. The lowest BCUT2D eigenvalue weighted by Crippen LogP contribution is -2.62. The molecule has 0 N–H and O–H groups in total. The zero-order chi connectivity index (χ0) is 19.6. The van der Waals surface area contributed by atoms with Crippen molar-refractivity contribution < 1.29 is 23.7 Å². The number of imide groups is 1. The lowest BCUT2D eigenvalue weighted by molar-refractivity contribution is -0.520. The van der Waals surface area contributed by atoms with Crippen LogP contribution in [0.25, 0.3) is 0 Å². The summed E-state index contributed by atoms with van der Waals surface area (Å²) in [5.41, 5.74) is 0. The molecule has 0 aliphatic carbocycles. The molecule has 9 heteroatoms. The Kier molecular flexibility index (Phi) is 5.69. The van der Waals surface area contributed by atoms with Crippen molar-refractivity contribution in [1.29, 1.82) is 0 Å². The van der Waals surface area contributed by atoms with E-state index in [4.69, 9.17) is 4.74 Å². The first-order chi connectivity index (χ1) is 12.9. The molecule has 4 amide bonds. The molecule has 0 spiro atoms. The molecule has 3 heterocycles. The minimum Gasteiger partial charge on any atom is -0.377 e. The first-order valence-electron chi connectivity index (χ1n) is 9.12. The van der Waals surface area contributed by atoms with Gasteiger partial charge in [0, 0.05) is 33.8 Å². The van der Waals surface area contributed by atoms with Gasteiger partial charge >= 0.3 is 6.03 Å². The van der Waals surface area contributed by atoms with E-state index in [0.717, 1.165) is 17.7 Å². The van der Waals surface area contributed by atoms with Gasteiger partial charge in [0.05, 0.1) is 6.61 Å². The quantitative estimate of drug-likeness (QED) is 0.364. The topological polar surface area (TPSA) is 85.5 Å². The number of hydrogen-bond acceptors (Lipinski definition) is 5. The summed E-state index contributed by atoms with van der Waals surface area (Å²) in [5, 5.41) is 0. The number of rotatable bonds is 6. The Balaban J connectivity index is 1.54. The zero-order valence-corrected chi connectivity index (χ0v) is 15.8. The van der Waals surface area contributed by atoms with Gasteiger partial charge in [-0.3, -0.25) is 19.4 Å². The monoisotopic (exact) mass is 376 g/mol. The van der Waals surface area contributed by atoms with Crippen molar-refractivity contribution in [2.24, 2.45) is 10.9 Å². The average molecular weight is 376 g/mol. The lowest BCUT2D eigenvalue weighted by atomic mass is 9.98. The van der Waals surface area contributed by atoms with Crippen LogP contribution in [0.2, 0.25) is 0 Å². The van der Waals surface area contributed by atoms with Crippen molar-refractivity contribution in [3.05, 3.63) is 12.7 Å². The van der Waals surface area contributed by atoms with Gasteiger partial charge in [-0.05, 0) is 23.8 Å². The second kappa shape index (κ2) is 7.99. The standard InChI is InChI=1S/C18H26N5O4/c1-4-9-27-11-13-5-7-22(8-6-13)14(24)10-23-12-19-16-15(23)17(25)21(3)18(26)20(16)2/h4,12-13,15H,1,5-11H2,2-3H3/q+1. The maximum absolute atomic E-state index is 12.7. The molecule has 3 rings (SSSR count). The molecule has 3 aliphatic heterocycles. The minimum atomic E-state index is -0.716. The fourth-order valence-corrected chi connectivity index (χ4v) is 3.60. The molecule has 0 aromatic heterocycles. The molecule has 2 fully saturated rings. The minimum absolute atomic E-state index is 0.0387. The number of likely N-dealkylation sites (tertiary alicyclic amines) is 1. The van der Waals surface area contributed by atoms with Crippen LogP contribution in [0, 0.1) is 5.92 Å². The predicted octanol–water partition coefficient (Wildman–Crippen LogP) is -0.227. The van der Waals surface area contributed by atoms with E-state index in [2.05, 4.69) is 11.6 Å². The van der Waals surface area contributed by atoms with Crippen LogP contribution in [0.4, 0.5) is 4.79 Å². The van der Waals surface area contributed by atoms with Gasteiger partial charge in [-0.25, -0.2) is 9.37 Å². The molecule has 1 atom stereocenters. The molecular formula is C18H26N5O4+. The average Bonchev–Trinajstić information content (AvgIpc) is 3.09. The number of ether oxygens (including phenoxy) is 1. The molecule has 27 heavy (non-hydrogen) atoms. The zero-order valence-electron chi connectivity index (χ0n) is 15.8.